The smallest absolute Gasteiger partial charge is 0.412 e. The molecule has 0 unspecified atom stereocenters. The average molecular weight is 527 g/mol. The third kappa shape index (κ3) is 6.56. The number of aromatic nitrogens is 3. The van der Waals surface area contributed by atoms with Gasteiger partial charge in [-0.15, -0.1) is 0 Å². The van der Waals surface area contributed by atoms with Crippen molar-refractivity contribution in [2.45, 2.75) is 59.1 Å². The van der Waals surface area contributed by atoms with Crippen molar-refractivity contribution in [2.75, 3.05) is 23.7 Å². The van der Waals surface area contributed by atoms with Gasteiger partial charge in [-0.1, -0.05) is 16.8 Å². The quantitative estimate of drug-likeness (QED) is 0.449. The second-order valence-corrected chi connectivity index (χ2v) is 10.4. The first kappa shape index (κ1) is 26.4. The molecule has 37 heavy (non-hydrogen) atoms. The lowest BCUT2D eigenvalue weighted by molar-refractivity contribution is 0.0635. The van der Waals surface area contributed by atoms with Crippen molar-refractivity contribution >= 4 is 35.2 Å². The molecule has 1 aliphatic rings. The number of hydrogen-bond acceptors (Lipinski definition) is 8. The Bertz CT molecular complexity index is 1260. The number of carbonyl (C=O) groups excluding carboxylic acids is 2. The van der Waals surface area contributed by atoms with Crippen molar-refractivity contribution in [3.63, 3.8) is 0 Å². The highest BCUT2D eigenvalue weighted by molar-refractivity contribution is 6.33. The van der Waals surface area contributed by atoms with Crippen LogP contribution in [0.5, 0.6) is 0 Å². The number of halogens is 1. The first-order valence-corrected chi connectivity index (χ1v) is 12.5. The molecule has 2 N–H and O–H groups in total. The summed E-state index contributed by atoms with van der Waals surface area (Å²) in [6.45, 7) is 10.2. The Morgan fingerprint density at radius 3 is 2.41 bits per heavy atom. The normalized spacial score (nSPS) is 14.4. The van der Waals surface area contributed by atoms with E-state index in [1.165, 1.54) is 0 Å². The summed E-state index contributed by atoms with van der Waals surface area (Å²) in [7, 11) is 0. The molecule has 0 bridgehead atoms. The Balaban J connectivity index is 1.32. The Kier molecular flexibility index (Phi) is 7.68. The first-order valence-electron chi connectivity index (χ1n) is 12.1. The number of nitrogens with zero attached hydrogens (tertiary/aromatic N) is 4. The molecule has 1 saturated heterocycles. The maximum absolute atomic E-state index is 13.0. The zero-order valence-electron chi connectivity index (χ0n) is 21.6. The number of anilines is 2. The molecule has 11 heteroatoms. The van der Waals surface area contributed by atoms with Gasteiger partial charge in [-0.05, 0) is 71.7 Å². The molecule has 1 aliphatic heterocycles. The van der Waals surface area contributed by atoms with Crippen LogP contribution in [0, 0.1) is 13.8 Å². The van der Waals surface area contributed by atoms with Gasteiger partial charge in [0, 0.05) is 30.4 Å². The number of piperidine rings is 1. The SMILES string of the molecule is Cc1noc(C)c1-c1nc(NC2CCN(C(=O)c3ccc(NC(=O)OC(C)(C)C)cc3)CC2)ncc1Cl. The molecule has 0 saturated carbocycles. The number of amides is 2. The zero-order chi connectivity index (χ0) is 26.7. The Morgan fingerprint density at radius 1 is 1.14 bits per heavy atom. The van der Waals surface area contributed by atoms with E-state index >= 15 is 0 Å². The number of nitrogens with one attached hydrogen (secondary N) is 2. The van der Waals surface area contributed by atoms with Gasteiger partial charge < -0.3 is 19.5 Å². The van der Waals surface area contributed by atoms with Crippen LogP contribution in [0.3, 0.4) is 0 Å². The lowest BCUT2D eigenvalue weighted by Gasteiger charge is -2.32. The Hall–Kier alpha value is -3.66. The van der Waals surface area contributed by atoms with Crippen molar-refractivity contribution in [3.8, 4) is 11.3 Å². The molecule has 4 rings (SSSR count). The van der Waals surface area contributed by atoms with Crippen LogP contribution < -0.4 is 10.6 Å². The fraction of sp³-hybridized carbons (Fsp3) is 0.423. The molecule has 0 radical (unpaired) electrons. The summed E-state index contributed by atoms with van der Waals surface area (Å²) in [4.78, 5) is 35.7. The Labute approximate surface area is 220 Å². The number of benzene rings is 1. The predicted octanol–water partition coefficient (Wildman–Crippen LogP) is 5.47. The van der Waals surface area contributed by atoms with E-state index in [-0.39, 0.29) is 11.9 Å². The molecular formula is C26H31ClN6O4. The summed E-state index contributed by atoms with van der Waals surface area (Å²) in [6.07, 6.45) is 2.52. The molecule has 3 heterocycles. The molecule has 0 atom stereocenters. The van der Waals surface area contributed by atoms with Crippen LogP contribution >= 0.6 is 11.6 Å². The van der Waals surface area contributed by atoms with E-state index < -0.39 is 11.7 Å². The number of rotatable bonds is 5. The average Bonchev–Trinajstić information content (AvgIpc) is 3.17. The highest BCUT2D eigenvalue weighted by atomic mass is 35.5. The third-order valence-corrected chi connectivity index (χ3v) is 6.18. The summed E-state index contributed by atoms with van der Waals surface area (Å²) < 4.78 is 10.5. The van der Waals surface area contributed by atoms with E-state index in [1.807, 2.05) is 18.7 Å². The van der Waals surface area contributed by atoms with Gasteiger partial charge in [0.1, 0.15) is 11.4 Å². The van der Waals surface area contributed by atoms with Crippen molar-refractivity contribution in [1.29, 1.82) is 0 Å². The van der Waals surface area contributed by atoms with E-state index in [4.69, 9.17) is 20.9 Å². The molecule has 1 aromatic carbocycles. The first-order chi connectivity index (χ1) is 17.5. The number of likely N-dealkylation sites (tertiary alicyclic amines) is 1. The van der Waals surface area contributed by atoms with Crippen molar-refractivity contribution in [3.05, 3.63) is 52.5 Å². The lowest BCUT2D eigenvalue weighted by atomic mass is 10.0. The van der Waals surface area contributed by atoms with Gasteiger partial charge in [0.05, 0.1) is 28.2 Å². The van der Waals surface area contributed by atoms with E-state index in [0.29, 0.717) is 52.5 Å². The van der Waals surface area contributed by atoms with Crippen LogP contribution in [0.15, 0.2) is 35.0 Å². The molecule has 0 spiro atoms. The molecule has 196 valence electrons. The van der Waals surface area contributed by atoms with Crippen LogP contribution in [0.4, 0.5) is 16.4 Å². The second-order valence-electron chi connectivity index (χ2n) is 10.0. The molecule has 2 amide bonds. The summed E-state index contributed by atoms with van der Waals surface area (Å²) in [5.74, 6) is 1.06. The van der Waals surface area contributed by atoms with Gasteiger partial charge in [-0.2, -0.15) is 0 Å². The van der Waals surface area contributed by atoms with Crippen LogP contribution in [-0.4, -0.2) is 56.8 Å². The van der Waals surface area contributed by atoms with Gasteiger partial charge in [0.2, 0.25) is 5.95 Å². The minimum Gasteiger partial charge on any atom is -0.444 e. The van der Waals surface area contributed by atoms with Gasteiger partial charge in [-0.25, -0.2) is 14.8 Å². The molecule has 1 fully saturated rings. The monoisotopic (exact) mass is 526 g/mol. The summed E-state index contributed by atoms with van der Waals surface area (Å²) >= 11 is 6.35. The summed E-state index contributed by atoms with van der Waals surface area (Å²) in [5, 5.41) is 10.4. The van der Waals surface area contributed by atoms with Gasteiger partial charge >= 0.3 is 6.09 Å². The molecule has 2 aromatic heterocycles. The van der Waals surface area contributed by atoms with Gasteiger partial charge in [0.25, 0.3) is 5.91 Å². The minimum atomic E-state index is -0.585. The molecule has 10 nitrogen and oxygen atoms in total. The zero-order valence-corrected chi connectivity index (χ0v) is 22.3. The minimum absolute atomic E-state index is 0.0503. The number of ether oxygens (including phenoxy) is 1. The second kappa shape index (κ2) is 10.8. The van der Waals surface area contributed by atoms with Crippen molar-refractivity contribution in [1.82, 2.24) is 20.0 Å². The van der Waals surface area contributed by atoms with Crippen LogP contribution in [-0.2, 0) is 4.74 Å². The number of hydrogen-bond donors (Lipinski definition) is 2. The highest BCUT2D eigenvalue weighted by Crippen LogP contribution is 2.31. The van der Waals surface area contributed by atoms with Crippen LogP contribution in [0.2, 0.25) is 5.02 Å². The summed E-state index contributed by atoms with van der Waals surface area (Å²) in [6, 6.07) is 6.91. The number of aryl methyl sites for hydroxylation is 2. The van der Waals surface area contributed by atoms with Crippen molar-refractivity contribution in [2.24, 2.45) is 0 Å². The van der Waals surface area contributed by atoms with Gasteiger partial charge in [0.15, 0.2) is 0 Å². The van der Waals surface area contributed by atoms with E-state index in [1.54, 1.807) is 51.2 Å². The van der Waals surface area contributed by atoms with Gasteiger partial charge in [-0.3, -0.25) is 10.1 Å². The summed E-state index contributed by atoms with van der Waals surface area (Å²) in [5.41, 5.74) is 2.59. The Morgan fingerprint density at radius 2 is 1.81 bits per heavy atom. The molecule has 0 aliphatic carbocycles. The largest absolute Gasteiger partial charge is 0.444 e. The highest BCUT2D eigenvalue weighted by Gasteiger charge is 2.25. The lowest BCUT2D eigenvalue weighted by Crippen LogP contribution is -2.42. The van der Waals surface area contributed by atoms with Crippen LogP contribution in [0.1, 0.15) is 55.4 Å². The fourth-order valence-electron chi connectivity index (χ4n) is 4.14. The predicted molar refractivity (Wildman–Crippen MR) is 141 cm³/mol. The van der Waals surface area contributed by atoms with E-state index in [2.05, 4.69) is 25.8 Å². The van der Waals surface area contributed by atoms with Crippen LogP contribution in [0.25, 0.3) is 11.3 Å². The maximum atomic E-state index is 13.0. The van der Waals surface area contributed by atoms with Crippen molar-refractivity contribution < 1.29 is 18.8 Å². The maximum Gasteiger partial charge on any atom is 0.412 e. The number of carbonyl (C=O) groups is 2. The third-order valence-electron chi connectivity index (χ3n) is 5.91. The molecule has 3 aromatic rings. The molecular weight excluding hydrogens is 496 g/mol. The topological polar surface area (TPSA) is 122 Å². The standard InChI is InChI=1S/C26H31ClN6O4/c1-15-21(16(2)37-32-15)22-20(27)14-28-24(31-22)29-19-10-12-33(13-11-19)23(34)17-6-8-18(9-7-17)30-25(35)36-26(3,4)5/h6-9,14,19H,10-13H2,1-5H3,(H,30,35)(H,28,29,31). The van der Waals surface area contributed by atoms with E-state index in [0.717, 1.165) is 18.4 Å². The fourth-order valence-corrected chi connectivity index (χ4v) is 4.33. The van der Waals surface area contributed by atoms with E-state index in [9.17, 15) is 9.59 Å².